The Morgan fingerprint density at radius 1 is 0.423 bits per heavy atom. The second kappa shape index (κ2) is 27.8. The zero-order chi connectivity index (χ0) is 54.6. The van der Waals surface area contributed by atoms with Gasteiger partial charge in [0.2, 0.25) is 11.8 Å². The van der Waals surface area contributed by atoms with Gasteiger partial charge in [0.05, 0.1) is 25.3 Å². The number of guanidine groups is 2. The van der Waals surface area contributed by atoms with Crippen LogP contribution in [0.3, 0.4) is 0 Å². The number of fused-ring (bicyclic) bond motifs is 4. The molecule has 8 aromatic rings. The summed E-state index contributed by atoms with van der Waals surface area (Å²) in [5.74, 6) is 0.411. The molecule has 402 valence electrons. The quantitative estimate of drug-likeness (QED) is 0.0126. The Morgan fingerprint density at radius 3 is 1.18 bits per heavy atom. The Kier molecular flexibility index (Phi) is 19.8. The number of benzene rings is 8. The summed E-state index contributed by atoms with van der Waals surface area (Å²) >= 11 is 0. The third-order valence-electron chi connectivity index (χ3n) is 14.1. The summed E-state index contributed by atoms with van der Waals surface area (Å²) in [5.41, 5.74) is 14.5. The zero-order valence-electron chi connectivity index (χ0n) is 44.1. The van der Waals surface area contributed by atoms with E-state index in [4.69, 9.17) is 31.8 Å². The summed E-state index contributed by atoms with van der Waals surface area (Å²) in [5, 5.41) is 34.7. The van der Waals surface area contributed by atoms with Crippen LogP contribution in [0.1, 0.15) is 75.3 Å². The molecule has 0 saturated carbocycles. The molecule has 0 aromatic heterocycles. The van der Waals surface area contributed by atoms with E-state index < -0.39 is 12.1 Å². The third kappa shape index (κ3) is 15.2. The van der Waals surface area contributed by atoms with Gasteiger partial charge in [0.15, 0.2) is 23.5 Å². The van der Waals surface area contributed by atoms with Crippen molar-refractivity contribution in [1.82, 2.24) is 21.3 Å². The first-order valence-electron chi connectivity index (χ1n) is 27.0. The average molecular weight is 1050 g/mol. The van der Waals surface area contributed by atoms with Gasteiger partial charge in [0.1, 0.15) is 11.5 Å². The van der Waals surface area contributed by atoms with Crippen LogP contribution in [0.5, 0.6) is 11.5 Å². The fraction of sp³-hybridized carbons (Fsp3) is 0.281. The fourth-order valence-electron chi connectivity index (χ4n) is 10.2. The highest BCUT2D eigenvalue weighted by atomic mass is 16.5. The van der Waals surface area contributed by atoms with Crippen molar-refractivity contribution >= 4 is 78.4 Å². The molecule has 0 aliphatic rings. The summed E-state index contributed by atoms with van der Waals surface area (Å²) in [6, 6.07) is 50.6. The van der Waals surface area contributed by atoms with Crippen molar-refractivity contribution in [2.75, 3.05) is 26.3 Å². The van der Waals surface area contributed by atoms with E-state index in [-0.39, 0.29) is 74.2 Å². The Labute approximate surface area is 455 Å². The smallest absolute Gasteiger partial charge is 0.220 e. The van der Waals surface area contributed by atoms with E-state index in [1.807, 2.05) is 133 Å². The first-order valence-corrected chi connectivity index (χ1v) is 27.0. The predicted molar refractivity (Wildman–Crippen MR) is 313 cm³/mol. The second-order valence-electron chi connectivity index (χ2n) is 19.7. The van der Waals surface area contributed by atoms with Crippen molar-refractivity contribution in [3.05, 3.63) is 169 Å². The molecule has 14 heteroatoms. The minimum atomic E-state index is -0.689. The molecule has 78 heavy (non-hydrogen) atoms. The fourth-order valence-corrected chi connectivity index (χ4v) is 10.2. The van der Waals surface area contributed by atoms with E-state index in [0.717, 1.165) is 65.3 Å². The van der Waals surface area contributed by atoms with Gasteiger partial charge in [-0.15, -0.1) is 0 Å². The maximum Gasteiger partial charge on any atom is 0.220 e. The summed E-state index contributed by atoms with van der Waals surface area (Å²) in [6.07, 6.45) is 4.97. The minimum absolute atomic E-state index is 0.0656. The molecule has 10 N–H and O–H groups in total. The average Bonchev–Trinajstić information content (AvgIpc) is 3.57. The van der Waals surface area contributed by atoms with Crippen molar-refractivity contribution in [3.8, 4) is 22.6 Å². The highest BCUT2D eigenvalue weighted by Gasteiger charge is 2.24. The van der Waals surface area contributed by atoms with Crippen LogP contribution in [-0.2, 0) is 32.0 Å². The summed E-state index contributed by atoms with van der Waals surface area (Å²) in [6.45, 7) is 1.44. The number of amides is 2. The second-order valence-corrected chi connectivity index (χ2v) is 19.7. The van der Waals surface area contributed by atoms with E-state index in [1.165, 1.54) is 0 Å². The lowest BCUT2D eigenvalue weighted by Gasteiger charge is -2.20. The Bertz CT molecular complexity index is 3180. The number of carbonyl (C=O) groups excluding carboxylic acids is 4. The number of unbranched alkanes of at least 4 members (excludes halogenated alkanes) is 2. The number of nitrogens with one attached hydrogen (secondary N) is 6. The SMILES string of the molecule is N=C(N)NCCCC[C@@H](NC(=O)CCCOc1ccc2ccccc2c1-c1c(OCCCC(=O)N[C@H](CCCCNC(=N)N)C(=O)Cc2cccc3ccccc23)ccc2ccccc12)C(=O)Cc1cccc2ccccc12. The van der Waals surface area contributed by atoms with Crippen LogP contribution in [0, 0.1) is 10.8 Å². The van der Waals surface area contributed by atoms with Crippen LogP contribution >= 0.6 is 0 Å². The molecule has 0 unspecified atom stereocenters. The van der Waals surface area contributed by atoms with Crippen molar-refractivity contribution < 1.29 is 28.7 Å². The molecule has 0 radical (unpaired) electrons. The number of rotatable bonds is 29. The maximum atomic E-state index is 13.9. The lowest BCUT2D eigenvalue weighted by Crippen LogP contribution is -2.41. The molecular weight excluding hydrogens is 977 g/mol. The lowest BCUT2D eigenvalue weighted by molar-refractivity contribution is -0.127. The van der Waals surface area contributed by atoms with Gasteiger partial charge in [0.25, 0.3) is 0 Å². The highest BCUT2D eigenvalue weighted by molar-refractivity contribution is 6.10. The van der Waals surface area contributed by atoms with E-state index in [9.17, 15) is 19.2 Å². The number of Topliss-reactive ketones (excluding diaryl/α,β-unsaturated/α-hetero) is 2. The van der Waals surface area contributed by atoms with Crippen molar-refractivity contribution in [3.63, 3.8) is 0 Å². The number of carbonyl (C=O) groups is 4. The zero-order valence-corrected chi connectivity index (χ0v) is 44.1. The van der Waals surface area contributed by atoms with Crippen LogP contribution in [0.4, 0.5) is 0 Å². The molecule has 0 fully saturated rings. The van der Waals surface area contributed by atoms with E-state index in [1.54, 1.807) is 0 Å². The van der Waals surface area contributed by atoms with Gasteiger partial charge < -0.3 is 42.2 Å². The van der Waals surface area contributed by atoms with E-state index >= 15 is 0 Å². The molecule has 2 amide bonds. The van der Waals surface area contributed by atoms with Crippen molar-refractivity contribution in [2.45, 2.75) is 89.1 Å². The van der Waals surface area contributed by atoms with Gasteiger partial charge in [-0.1, -0.05) is 146 Å². The van der Waals surface area contributed by atoms with Gasteiger partial charge in [-0.3, -0.25) is 30.0 Å². The molecule has 0 saturated heterocycles. The molecular formula is C64H70N8O6. The number of ether oxygens (including phenoxy) is 2. The number of hydrogen-bond donors (Lipinski definition) is 8. The number of nitrogens with two attached hydrogens (primary N) is 2. The van der Waals surface area contributed by atoms with Crippen LogP contribution in [0.15, 0.2) is 158 Å². The summed E-state index contributed by atoms with van der Waals surface area (Å²) in [7, 11) is 0. The van der Waals surface area contributed by atoms with Crippen molar-refractivity contribution in [2.24, 2.45) is 11.5 Å². The van der Waals surface area contributed by atoms with Gasteiger partial charge in [-0.25, -0.2) is 0 Å². The molecule has 0 spiro atoms. The van der Waals surface area contributed by atoms with Crippen LogP contribution in [-0.4, -0.2) is 73.7 Å². The molecule has 2 atom stereocenters. The Hall–Kier alpha value is -8.78. The topological polar surface area (TPSA) is 235 Å². The van der Waals surface area contributed by atoms with Gasteiger partial charge >= 0.3 is 0 Å². The molecule has 0 aliphatic heterocycles. The highest BCUT2D eigenvalue weighted by Crippen LogP contribution is 2.45. The molecule has 0 bridgehead atoms. The van der Waals surface area contributed by atoms with Crippen LogP contribution < -0.4 is 42.2 Å². The molecule has 0 heterocycles. The largest absolute Gasteiger partial charge is 0.493 e. The first-order chi connectivity index (χ1) is 38.0. The van der Waals surface area contributed by atoms with Crippen molar-refractivity contribution in [1.29, 1.82) is 10.8 Å². The Morgan fingerprint density at radius 2 is 0.782 bits per heavy atom. The monoisotopic (exact) mass is 1050 g/mol. The first kappa shape index (κ1) is 55.5. The third-order valence-corrected chi connectivity index (χ3v) is 14.1. The Balaban J connectivity index is 0.932. The van der Waals surface area contributed by atoms with E-state index in [0.29, 0.717) is 76.0 Å². The van der Waals surface area contributed by atoms with Gasteiger partial charge in [0, 0.05) is 49.9 Å². The predicted octanol–water partition coefficient (Wildman–Crippen LogP) is 10.2. The minimum Gasteiger partial charge on any atom is -0.493 e. The van der Waals surface area contributed by atoms with Gasteiger partial charge in [-0.05, 0) is 118 Å². The molecule has 0 aliphatic carbocycles. The molecule has 14 nitrogen and oxygen atoms in total. The summed E-state index contributed by atoms with van der Waals surface area (Å²) < 4.78 is 13.3. The molecule has 8 aromatic carbocycles. The summed E-state index contributed by atoms with van der Waals surface area (Å²) in [4.78, 5) is 55.2. The maximum absolute atomic E-state index is 13.9. The van der Waals surface area contributed by atoms with Crippen LogP contribution in [0.25, 0.3) is 54.2 Å². The lowest BCUT2D eigenvalue weighted by atomic mass is 9.92. The number of ketones is 2. The van der Waals surface area contributed by atoms with E-state index in [2.05, 4.69) is 45.5 Å². The normalized spacial score (nSPS) is 11.9. The number of hydrogen-bond acceptors (Lipinski definition) is 8. The molecule has 8 rings (SSSR count). The van der Waals surface area contributed by atoms with Crippen LogP contribution in [0.2, 0.25) is 0 Å². The standard InChI is InChI=1S/C64H70N8O6/c65-63(66)69-37-11-9-29-53(55(73)41-47-23-13-21-43-17-1-5-25-49(43)47)71-59(75)31-15-39-77-57-35-33-45-19-3-7-27-51(45)61(57)62-52-28-8-4-20-46(52)34-36-58(62)78-40-16-32-60(76)72-54(30-10-12-38-70-64(67)68)56(74)42-48-24-14-22-44-18-2-6-26-50(44)48/h1-8,13-14,17-28,33-36,53-54H,9-12,15-16,29-32,37-42H2,(H,71,75)(H,72,76)(H4,65,66,69)(H4,67,68,70)/t53-,54-/m1/s1. The van der Waals surface area contributed by atoms with Gasteiger partial charge in [-0.2, -0.15) is 0 Å².